The van der Waals surface area contributed by atoms with E-state index < -0.39 is 0 Å². The molecular weight excluding hydrogens is 328 g/mol. The topological polar surface area (TPSA) is 76.6 Å². The van der Waals surface area contributed by atoms with Gasteiger partial charge in [-0.15, -0.1) is 11.3 Å². The number of carbonyl (C=O) groups is 1. The maximum Gasteiger partial charge on any atom is 0.248 e. The minimum absolute atomic E-state index is 0.0293. The van der Waals surface area contributed by atoms with E-state index in [1.54, 1.807) is 4.90 Å². The summed E-state index contributed by atoms with van der Waals surface area (Å²) in [5.41, 5.74) is 1.77. The number of methoxy groups -OCH3 is 1. The van der Waals surface area contributed by atoms with E-state index in [4.69, 9.17) is 9.47 Å². The van der Waals surface area contributed by atoms with Crippen molar-refractivity contribution >= 4 is 28.2 Å². The fourth-order valence-corrected chi connectivity index (χ4v) is 3.19. The highest BCUT2D eigenvalue weighted by atomic mass is 32.1. The molecule has 0 bridgehead atoms. The van der Waals surface area contributed by atoms with Crippen molar-refractivity contribution in [3.05, 3.63) is 35.0 Å². The Hall–Kier alpha value is -2.03. The number of pyridine rings is 1. The van der Waals surface area contributed by atoms with Crippen molar-refractivity contribution in [2.45, 2.75) is 13.0 Å². The average Bonchev–Trinajstić information content (AvgIpc) is 3.00. The van der Waals surface area contributed by atoms with Gasteiger partial charge in [0.25, 0.3) is 0 Å². The number of nitrogens with one attached hydrogen (secondary N) is 1. The molecular formula is C16H20N4O3S. The first kappa shape index (κ1) is 16.8. The van der Waals surface area contributed by atoms with E-state index in [0.717, 1.165) is 16.5 Å². The molecule has 128 valence electrons. The number of nitrogens with zero attached hydrogens (tertiary/aromatic N) is 3. The lowest BCUT2D eigenvalue weighted by Crippen LogP contribution is -2.43. The third-order valence-corrected chi connectivity index (χ3v) is 4.52. The van der Waals surface area contributed by atoms with Gasteiger partial charge in [0.2, 0.25) is 5.91 Å². The highest BCUT2D eigenvalue weighted by Crippen LogP contribution is 2.24. The molecule has 8 heteroatoms. The van der Waals surface area contributed by atoms with Gasteiger partial charge in [-0.25, -0.2) is 9.97 Å². The lowest BCUT2D eigenvalue weighted by atomic mass is 10.2. The van der Waals surface area contributed by atoms with Gasteiger partial charge in [-0.2, -0.15) is 0 Å². The third-order valence-electron chi connectivity index (χ3n) is 3.64. The van der Waals surface area contributed by atoms with Gasteiger partial charge in [0, 0.05) is 19.0 Å². The molecule has 1 aliphatic rings. The summed E-state index contributed by atoms with van der Waals surface area (Å²) in [7, 11) is 1.52. The highest BCUT2D eigenvalue weighted by Gasteiger charge is 2.26. The molecule has 0 unspecified atom stereocenters. The minimum atomic E-state index is -0.237. The SMILES string of the molecule is COCC(=O)N1CCO[C@@H](c2cccc(Nc3nc(C)cs3)n2)C1. The molecule has 7 nitrogen and oxygen atoms in total. The van der Waals surface area contributed by atoms with Gasteiger partial charge in [-0.05, 0) is 19.1 Å². The number of thiazole rings is 1. The second kappa shape index (κ2) is 7.69. The van der Waals surface area contributed by atoms with Gasteiger partial charge in [-0.1, -0.05) is 6.07 Å². The number of aryl methyl sites for hydroxylation is 1. The van der Waals surface area contributed by atoms with E-state index in [9.17, 15) is 4.79 Å². The zero-order chi connectivity index (χ0) is 16.9. The van der Waals surface area contributed by atoms with E-state index >= 15 is 0 Å². The van der Waals surface area contributed by atoms with Crippen LogP contribution in [0.15, 0.2) is 23.6 Å². The van der Waals surface area contributed by atoms with E-state index in [2.05, 4.69) is 15.3 Å². The van der Waals surface area contributed by atoms with Crippen LogP contribution in [-0.2, 0) is 14.3 Å². The monoisotopic (exact) mass is 348 g/mol. The zero-order valence-electron chi connectivity index (χ0n) is 13.7. The van der Waals surface area contributed by atoms with Crippen molar-refractivity contribution in [2.75, 3.05) is 38.7 Å². The number of ether oxygens (including phenoxy) is 2. The number of hydrogen-bond donors (Lipinski definition) is 1. The maximum absolute atomic E-state index is 12.0. The Morgan fingerprint density at radius 2 is 2.38 bits per heavy atom. The maximum atomic E-state index is 12.0. The van der Waals surface area contributed by atoms with Crippen LogP contribution in [0.25, 0.3) is 0 Å². The Kier molecular flexibility index (Phi) is 5.39. The molecule has 0 radical (unpaired) electrons. The zero-order valence-corrected chi connectivity index (χ0v) is 14.5. The van der Waals surface area contributed by atoms with Crippen molar-refractivity contribution < 1.29 is 14.3 Å². The molecule has 1 N–H and O–H groups in total. The Morgan fingerprint density at radius 1 is 1.50 bits per heavy atom. The van der Waals surface area contributed by atoms with Gasteiger partial charge in [-0.3, -0.25) is 4.79 Å². The lowest BCUT2D eigenvalue weighted by Gasteiger charge is -2.32. The molecule has 2 aromatic rings. The van der Waals surface area contributed by atoms with Crippen LogP contribution < -0.4 is 5.32 Å². The van der Waals surface area contributed by atoms with Crippen molar-refractivity contribution in [2.24, 2.45) is 0 Å². The lowest BCUT2D eigenvalue weighted by molar-refractivity contribution is -0.143. The van der Waals surface area contributed by atoms with Gasteiger partial charge in [0.15, 0.2) is 5.13 Å². The van der Waals surface area contributed by atoms with Crippen LogP contribution in [0.1, 0.15) is 17.5 Å². The molecule has 1 aliphatic heterocycles. The Labute approximate surface area is 144 Å². The summed E-state index contributed by atoms with van der Waals surface area (Å²) >= 11 is 1.54. The first-order valence-electron chi connectivity index (χ1n) is 7.70. The first-order valence-corrected chi connectivity index (χ1v) is 8.58. The minimum Gasteiger partial charge on any atom is -0.375 e. The standard InChI is InChI=1S/C16H20N4O3S/c1-11-10-24-16(17-11)19-14-5-3-4-12(18-14)13-8-20(6-7-23-13)15(21)9-22-2/h3-5,10,13H,6-9H2,1-2H3,(H,17,18,19)/t13-/m1/s1. The van der Waals surface area contributed by atoms with Crippen molar-refractivity contribution in [1.29, 1.82) is 0 Å². The van der Waals surface area contributed by atoms with Crippen LogP contribution in [-0.4, -0.2) is 54.2 Å². The number of amides is 1. The van der Waals surface area contributed by atoms with Crippen LogP contribution in [0.4, 0.5) is 10.9 Å². The quantitative estimate of drug-likeness (QED) is 0.892. The molecule has 0 aromatic carbocycles. The second-order valence-electron chi connectivity index (χ2n) is 5.50. The molecule has 2 aromatic heterocycles. The van der Waals surface area contributed by atoms with Crippen LogP contribution in [0.3, 0.4) is 0 Å². The molecule has 3 heterocycles. The Bertz CT molecular complexity index is 706. The Morgan fingerprint density at radius 3 is 3.12 bits per heavy atom. The Balaban J connectivity index is 1.70. The number of hydrogen-bond acceptors (Lipinski definition) is 7. The average molecular weight is 348 g/mol. The van der Waals surface area contributed by atoms with Gasteiger partial charge >= 0.3 is 0 Å². The number of carbonyl (C=O) groups excluding carboxylic acids is 1. The number of morpholine rings is 1. The van der Waals surface area contributed by atoms with E-state index in [-0.39, 0.29) is 18.6 Å². The summed E-state index contributed by atoms with van der Waals surface area (Å²) in [5, 5.41) is 5.98. The van der Waals surface area contributed by atoms with Crippen molar-refractivity contribution in [3.8, 4) is 0 Å². The van der Waals surface area contributed by atoms with E-state index in [0.29, 0.717) is 25.5 Å². The van der Waals surface area contributed by atoms with Gasteiger partial charge < -0.3 is 19.7 Å². The predicted molar refractivity (Wildman–Crippen MR) is 91.5 cm³/mol. The highest BCUT2D eigenvalue weighted by molar-refractivity contribution is 7.13. The third kappa shape index (κ3) is 4.08. The van der Waals surface area contributed by atoms with Gasteiger partial charge in [0.05, 0.1) is 24.5 Å². The summed E-state index contributed by atoms with van der Waals surface area (Å²) in [6.45, 7) is 3.59. The smallest absolute Gasteiger partial charge is 0.248 e. The summed E-state index contributed by atoms with van der Waals surface area (Å²) in [5.74, 6) is 0.684. The predicted octanol–water partition coefficient (Wildman–Crippen LogP) is 2.14. The number of anilines is 2. The fourth-order valence-electron chi connectivity index (χ4n) is 2.49. The molecule has 24 heavy (non-hydrogen) atoms. The molecule has 1 saturated heterocycles. The molecule has 0 aliphatic carbocycles. The van der Waals surface area contributed by atoms with Crippen LogP contribution >= 0.6 is 11.3 Å². The van der Waals surface area contributed by atoms with E-state index in [1.807, 2.05) is 30.5 Å². The molecule has 1 atom stereocenters. The van der Waals surface area contributed by atoms with Crippen LogP contribution in [0.2, 0.25) is 0 Å². The molecule has 3 rings (SSSR count). The summed E-state index contributed by atoms with van der Waals surface area (Å²) < 4.78 is 10.7. The number of aromatic nitrogens is 2. The summed E-state index contributed by atoms with van der Waals surface area (Å²) in [6.07, 6.45) is -0.237. The fraction of sp³-hybridized carbons (Fsp3) is 0.438. The largest absolute Gasteiger partial charge is 0.375 e. The summed E-state index contributed by atoms with van der Waals surface area (Å²) in [4.78, 5) is 22.7. The number of rotatable bonds is 5. The van der Waals surface area contributed by atoms with Crippen LogP contribution in [0.5, 0.6) is 0 Å². The second-order valence-corrected chi connectivity index (χ2v) is 6.36. The molecule has 1 fully saturated rings. The molecule has 1 amide bonds. The van der Waals surface area contributed by atoms with E-state index in [1.165, 1.54) is 18.4 Å². The first-order chi connectivity index (χ1) is 11.7. The molecule has 0 saturated carbocycles. The van der Waals surface area contributed by atoms with Crippen molar-refractivity contribution in [3.63, 3.8) is 0 Å². The summed E-state index contributed by atoms with van der Waals surface area (Å²) in [6, 6.07) is 5.72. The van der Waals surface area contributed by atoms with Crippen LogP contribution in [0, 0.1) is 6.92 Å². The van der Waals surface area contributed by atoms with Gasteiger partial charge in [0.1, 0.15) is 18.5 Å². The normalized spacial score (nSPS) is 17.8. The molecule has 0 spiro atoms. The van der Waals surface area contributed by atoms with Crippen molar-refractivity contribution in [1.82, 2.24) is 14.9 Å².